The fourth-order valence-corrected chi connectivity index (χ4v) is 4.68. The van der Waals surface area contributed by atoms with E-state index < -0.39 is 10.0 Å². The SMILES string of the molecule is COc1ccccc1CN(C)C(=O)c1cccc(S(=O)(=O)N(C)c2ccccc2C)c1. The van der Waals surface area contributed by atoms with Gasteiger partial charge in [-0.25, -0.2) is 8.42 Å². The van der Waals surface area contributed by atoms with Crippen LogP contribution < -0.4 is 9.04 Å². The van der Waals surface area contributed by atoms with Gasteiger partial charge in [0.1, 0.15) is 5.75 Å². The second-order valence-electron chi connectivity index (χ2n) is 7.26. The zero-order chi connectivity index (χ0) is 22.6. The molecule has 0 atom stereocenters. The second-order valence-corrected chi connectivity index (χ2v) is 9.23. The van der Waals surface area contributed by atoms with E-state index in [2.05, 4.69) is 0 Å². The lowest BCUT2D eigenvalue weighted by atomic mass is 10.1. The van der Waals surface area contributed by atoms with Crippen LogP contribution in [0.2, 0.25) is 0 Å². The van der Waals surface area contributed by atoms with Gasteiger partial charge in [-0.1, -0.05) is 42.5 Å². The Hall–Kier alpha value is -3.32. The molecule has 0 heterocycles. The van der Waals surface area contributed by atoms with Gasteiger partial charge in [0.2, 0.25) is 0 Å². The van der Waals surface area contributed by atoms with E-state index in [1.54, 1.807) is 38.4 Å². The van der Waals surface area contributed by atoms with Gasteiger partial charge in [-0.05, 0) is 42.8 Å². The number of amides is 1. The summed E-state index contributed by atoms with van der Waals surface area (Å²) in [7, 11) is 0.950. The summed E-state index contributed by atoms with van der Waals surface area (Å²) in [6.07, 6.45) is 0. The number of sulfonamides is 1. The molecule has 0 spiro atoms. The Morgan fingerprint density at radius 1 is 0.935 bits per heavy atom. The monoisotopic (exact) mass is 438 g/mol. The average Bonchev–Trinajstić information content (AvgIpc) is 2.78. The average molecular weight is 439 g/mol. The van der Waals surface area contributed by atoms with Crippen LogP contribution in [0.25, 0.3) is 0 Å². The van der Waals surface area contributed by atoms with E-state index in [1.807, 2.05) is 43.3 Å². The molecule has 0 aliphatic rings. The summed E-state index contributed by atoms with van der Waals surface area (Å²) in [5, 5.41) is 0. The summed E-state index contributed by atoms with van der Waals surface area (Å²) < 4.78 is 33.0. The van der Waals surface area contributed by atoms with Crippen LogP contribution in [0.1, 0.15) is 21.5 Å². The van der Waals surface area contributed by atoms with E-state index in [1.165, 1.54) is 28.4 Å². The molecule has 7 heteroatoms. The van der Waals surface area contributed by atoms with Gasteiger partial charge < -0.3 is 9.64 Å². The zero-order valence-electron chi connectivity index (χ0n) is 18.1. The molecule has 0 bridgehead atoms. The van der Waals surface area contributed by atoms with E-state index in [4.69, 9.17) is 4.74 Å². The summed E-state index contributed by atoms with van der Waals surface area (Å²) >= 11 is 0. The third kappa shape index (κ3) is 4.72. The van der Waals surface area contributed by atoms with E-state index in [0.717, 1.165) is 11.1 Å². The normalized spacial score (nSPS) is 11.1. The minimum atomic E-state index is -3.82. The predicted octanol–water partition coefficient (Wildman–Crippen LogP) is 4.10. The first-order valence-electron chi connectivity index (χ1n) is 9.77. The molecule has 0 saturated heterocycles. The van der Waals surface area contributed by atoms with Crippen molar-refractivity contribution >= 4 is 21.6 Å². The number of rotatable bonds is 7. The van der Waals surface area contributed by atoms with Crippen LogP contribution in [0.3, 0.4) is 0 Å². The van der Waals surface area contributed by atoms with Crippen molar-refractivity contribution in [3.63, 3.8) is 0 Å². The number of aryl methyl sites for hydroxylation is 1. The topological polar surface area (TPSA) is 66.9 Å². The van der Waals surface area contributed by atoms with Gasteiger partial charge in [0.05, 0.1) is 17.7 Å². The van der Waals surface area contributed by atoms with Crippen molar-refractivity contribution in [3.05, 3.63) is 89.5 Å². The first-order valence-corrected chi connectivity index (χ1v) is 11.2. The molecule has 0 aromatic heterocycles. The molecule has 31 heavy (non-hydrogen) atoms. The van der Waals surface area contributed by atoms with Gasteiger partial charge in [-0.15, -0.1) is 0 Å². The second kappa shape index (κ2) is 9.22. The molecule has 0 aliphatic carbocycles. The maximum atomic E-state index is 13.2. The third-order valence-electron chi connectivity index (χ3n) is 5.14. The highest BCUT2D eigenvalue weighted by atomic mass is 32.2. The first-order chi connectivity index (χ1) is 14.8. The number of methoxy groups -OCH3 is 1. The van der Waals surface area contributed by atoms with Crippen LogP contribution >= 0.6 is 0 Å². The van der Waals surface area contributed by atoms with Crippen LogP contribution in [-0.4, -0.2) is 40.4 Å². The van der Waals surface area contributed by atoms with Crippen molar-refractivity contribution in [1.82, 2.24) is 4.90 Å². The Kier molecular flexibility index (Phi) is 6.65. The zero-order valence-corrected chi connectivity index (χ0v) is 18.9. The molecule has 1 amide bonds. The number of anilines is 1. The lowest BCUT2D eigenvalue weighted by Gasteiger charge is -2.22. The standard InChI is InChI=1S/C24H26N2O4S/c1-18-10-5-7-14-22(18)26(3)31(28,29)21-13-9-12-19(16-21)24(27)25(2)17-20-11-6-8-15-23(20)30-4/h5-16H,17H2,1-4H3. The quantitative estimate of drug-likeness (QED) is 0.557. The molecule has 0 aliphatic heterocycles. The van der Waals surface area contributed by atoms with Gasteiger partial charge in [0.15, 0.2) is 0 Å². The Labute approximate surface area is 183 Å². The fraction of sp³-hybridized carbons (Fsp3) is 0.208. The van der Waals surface area contributed by atoms with E-state index in [9.17, 15) is 13.2 Å². The molecule has 0 radical (unpaired) electrons. The maximum absolute atomic E-state index is 13.2. The lowest BCUT2D eigenvalue weighted by molar-refractivity contribution is 0.0784. The summed E-state index contributed by atoms with van der Waals surface area (Å²) in [4.78, 5) is 14.6. The Morgan fingerprint density at radius 3 is 2.32 bits per heavy atom. The van der Waals surface area contributed by atoms with Gasteiger partial charge in [-0.2, -0.15) is 0 Å². The van der Waals surface area contributed by atoms with E-state index >= 15 is 0 Å². The Morgan fingerprint density at radius 2 is 1.61 bits per heavy atom. The summed E-state index contributed by atoms with van der Waals surface area (Å²) in [5.74, 6) is 0.417. The molecule has 0 fully saturated rings. The van der Waals surface area contributed by atoms with Crippen molar-refractivity contribution < 1.29 is 17.9 Å². The maximum Gasteiger partial charge on any atom is 0.264 e. The van der Waals surface area contributed by atoms with E-state index in [-0.39, 0.29) is 10.8 Å². The number of para-hydroxylation sites is 2. The van der Waals surface area contributed by atoms with Crippen molar-refractivity contribution in [3.8, 4) is 5.75 Å². The van der Waals surface area contributed by atoms with Crippen molar-refractivity contribution in [2.45, 2.75) is 18.4 Å². The molecular formula is C24H26N2O4S. The number of benzene rings is 3. The first kappa shape index (κ1) is 22.4. The highest BCUT2D eigenvalue weighted by Crippen LogP contribution is 2.26. The highest BCUT2D eigenvalue weighted by Gasteiger charge is 2.24. The van der Waals surface area contributed by atoms with Crippen LogP contribution in [0.4, 0.5) is 5.69 Å². The Bertz CT molecular complexity index is 1190. The van der Waals surface area contributed by atoms with Gasteiger partial charge >= 0.3 is 0 Å². The predicted molar refractivity (Wildman–Crippen MR) is 122 cm³/mol. The van der Waals surface area contributed by atoms with Gasteiger partial charge in [0, 0.05) is 31.8 Å². The molecule has 6 nitrogen and oxygen atoms in total. The minimum Gasteiger partial charge on any atom is -0.496 e. The number of hydrogen-bond acceptors (Lipinski definition) is 4. The van der Waals surface area contributed by atoms with E-state index in [0.29, 0.717) is 23.5 Å². The Balaban J connectivity index is 1.86. The fourth-order valence-electron chi connectivity index (χ4n) is 3.38. The molecule has 0 saturated carbocycles. The molecule has 3 rings (SSSR count). The van der Waals surface area contributed by atoms with Crippen molar-refractivity contribution in [1.29, 1.82) is 0 Å². The molecule has 0 N–H and O–H groups in total. The van der Waals surface area contributed by atoms with Crippen LogP contribution in [0, 0.1) is 6.92 Å². The molecular weight excluding hydrogens is 412 g/mol. The number of carbonyl (C=O) groups is 1. The lowest BCUT2D eigenvalue weighted by Crippen LogP contribution is -2.29. The van der Waals surface area contributed by atoms with Crippen molar-refractivity contribution in [2.75, 3.05) is 25.5 Å². The molecule has 0 unspecified atom stereocenters. The molecule has 3 aromatic carbocycles. The molecule has 162 valence electrons. The summed E-state index contributed by atoms with van der Waals surface area (Å²) in [5.41, 5.74) is 2.60. The number of hydrogen-bond donors (Lipinski definition) is 0. The molecule has 3 aromatic rings. The van der Waals surface area contributed by atoms with Crippen LogP contribution in [0.15, 0.2) is 77.7 Å². The van der Waals surface area contributed by atoms with Crippen molar-refractivity contribution in [2.24, 2.45) is 0 Å². The highest BCUT2D eigenvalue weighted by molar-refractivity contribution is 7.92. The summed E-state index contributed by atoms with van der Waals surface area (Å²) in [6, 6.07) is 20.9. The number of ether oxygens (including phenoxy) is 1. The van der Waals surface area contributed by atoms with Crippen LogP contribution in [-0.2, 0) is 16.6 Å². The van der Waals surface area contributed by atoms with Gasteiger partial charge in [0.25, 0.3) is 15.9 Å². The third-order valence-corrected chi connectivity index (χ3v) is 6.91. The minimum absolute atomic E-state index is 0.0646. The van der Waals surface area contributed by atoms with Crippen LogP contribution in [0.5, 0.6) is 5.75 Å². The number of carbonyl (C=O) groups excluding carboxylic acids is 1. The summed E-state index contributed by atoms with van der Waals surface area (Å²) in [6.45, 7) is 2.19. The smallest absolute Gasteiger partial charge is 0.264 e. The largest absolute Gasteiger partial charge is 0.496 e. The number of nitrogens with zero attached hydrogens (tertiary/aromatic N) is 2. The van der Waals surface area contributed by atoms with Gasteiger partial charge in [-0.3, -0.25) is 9.10 Å².